The minimum absolute atomic E-state index is 0.0629. The van der Waals surface area contributed by atoms with E-state index >= 15 is 0 Å². The van der Waals surface area contributed by atoms with Gasteiger partial charge in [-0.2, -0.15) is 4.37 Å². The molecule has 0 radical (unpaired) electrons. The van der Waals surface area contributed by atoms with Gasteiger partial charge < -0.3 is 53.1 Å². The number of ether oxygens (including phenoxy) is 2. The molecule has 8 aliphatic rings. The van der Waals surface area contributed by atoms with E-state index in [4.69, 9.17) is 95.1 Å². The molecule has 0 spiro atoms. The zero-order chi connectivity index (χ0) is 85.5. The molecule has 9 aromatic carbocycles. The smallest absolute Gasteiger partial charge is 0.278 e. The monoisotopic (exact) mass is 1810 g/mol. The number of carbonyl (C=O) groups is 8. The van der Waals surface area contributed by atoms with Crippen LogP contribution in [0.1, 0.15) is 134 Å². The molecule has 31 heteroatoms. The summed E-state index contributed by atoms with van der Waals surface area (Å²) in [6.45, 7) is 5.52. The average Bonchev–Trinajstić information content (AvgIpc) is 1.55. The van der Waals surface area contributed by atoms with Crippen molar-refractivity contribution in [2.45, 2.75) is 29.6 Å². The van der Waals surface area contributed by atoms with E-state index in [0.717, 1.165) is 56.0 Å². The average molecular weight is 1810 g/mol. The van der Waals surface area contributed by atoms with E-state index < -0.39 is 22.7 Å². The molecule has 0 N–H and O–H groups in total. The van der Waals surface area contributed by atoms with Crippen molar-refractivity contribution in [2.75, 3.05) is 66.1 Å². The maximum absolute atomic E-state index is 14.1. The first-order valence-corrected chi connectivity index (χ1v) is 43.1. The first-order chi connectivity index (χ1) is 59.6. The largest absolute Gasteiger partial charge is 0.497 e. The van der Waals surface area contributed by atoms with Crippen LogP contribution in [0.25, 0.3) is 11.3 Å². The number of rotatable bonds is 12. The van der Waals surface area contributed by atoms with Gasteiger partial charge in [0.2, 0.25) is 0 Å². The highest BCUT2D eigenvalue weighted by molar-refractivity contribution is 7.12. The molecule has 13 aromatic rings. The fraction of sp³-hybridized carbons (Fsp3) is 0.163. The number of hydrogen-bond donors (Lipinski definition) is 0. The van der Waals surface area contributed by atoms with E-state index in [0.29, 0.717) is 129 Å². The van der Waals surface area contributed by atoms with Crippen LogP contribution in [-0.2, 0) is 22.7 Å². The quantitative estimate of drug-likeness (QED) is 0.104. The van der Waals surface area contributed by atoms with Crippen molar-refractivity contribution >= 4 is 151 Å². The minimum Gasteiger partial charge on any atom is -0.497 e. The van der Waals surface area contributed by atoms with E-state index in [1.807, 2.05) is 158 Å². The zero-order valence-electron chi connectivity index (χ0n) is 65.0. The van der Waals surface area contributed by atoms with Gasteiger partial charge in [0.1, 0.15) is 36.6 Å². The van der Waals surface area contributed by atoms with E-state index in [1.54, 1.807) is 143 Å². The Morgan fingerprint density at radius 1 is 0.423 bits per heavy atom. The lowest BCUT2D eigenvalue weighted by molar-refractivity contribution is 0.0359. The number of halogens is 7. The summed E-state index contributed by atoms with van der Waals surface area (Å²) in [7, 11) is 1.59. The standard InChI is InChI=1S/C27H20ClN3O4.C23H19ClN2O3S.C22H15Cl2N3O2.C20H12Cl3N3O2S/c1-34-20-12-6-17(7-13-20)24-23(29-16-35-24)26(33)31-15-14-30-25(32)21-4-2-3-5-22(21)27(30,31)18-8-10-19(28)11-9-18;1-2-29-19-11-14-30-20(19)22(28)26-13-12-25-21(27)17-5-3-4-6-18(17)23(25,26)15-7-9-16(24)10-8-15;23-15-10-8-14(9-11-15)22-17-5-2-1-4-16(17)20(28)26(22)12-13-27(22)21(29)18-6-3-7-19(24)25-18;21-12-7-5-11(6-8-12)20-14-4-2-1-3-13(14)18(27)25(20)9-10-26(20)19(28)16-15(22)17(23)29-24-16/h2-13,16H,14-15H2,1H3;3-11,14H,2,12-13H2,1H3;1-11H,12-13H2;1-8H,9-10H2. The lowest BCUT2D eigenvalue weighted by Gasteiger charge is -2.40. The highest BCUT2D eigenvalue weighted by atomic mass is 35.5. The van der Waals surface area contributed by atoms with Gasteiger partial charge in [-0.3, -0.25) is 38.4 Å². The number of nitrogens with zero attached hydrogens (tertiary/aromatic N) is 11. The third-order valence-corrected chi connectivity index (χ3v) is 27.1. The molecule has 0 bridgehead atoms. The summed E-state index contributed by atoms with van der Waals surface area (Å²) >= 11 is 45.2. The minimum atomic E-state index is -1.11. The molecule has 4 fully saturated rings. The zero-order valence-corrected chi connectivity index (χ0v) is 71.9. The van der Waals surface area contributed by atoms with Crippen molar-refractivity contribution in [3.8, 4) is 22.8 Å². The van der Waals surface area contributed by atoms with Gasteiger partial charge in [0, 0.05) is 145 Å². The number of thiophene rings is 1. The first-order valence-electron chi connectivity index (χ1n) is 38.8. The summed E-state index contributed by atoms with van der Waals surface area (Å²) < 4.78 is 21.0. The molecule has 4 atom stereocenters. The highest BCUT2D eigenvalue weighted by Crippen LogP contribution is 2.56. The van der Waals surface area contributed by atoms with Crippen molar-refractivity contribution in [1.82, 2.24) is 53.5 Å². The number of aromatic nitrogens is 3. The molecule has 0 saturated carbocycles. The topological polar surface area (TPSA) is 233 Å². The fourth-order valence-corrected chi connectivity index (χ4v) is 20.8. The number of methoxy groups -OCH3 is 1. The van der Waals surface area contributed by atoms with Crippen LogP contribution in [0.5, 0.6) is 11.5 Å². The predicted octanol–water partition coefficient (Wildman–Crippen LogP) is 18.5. The number of hydrogen-bond acceptors (Lipinski definition) is 16. The van der Waals surface area contributed by atoms with Gasteiger partial charge in [0.15, 0.2) is 46.2 Å². The van der Waals surface area contributed by atoms with Crippen LogP contribution in [0.4, 0.5) is 0 Å². The summed E-state index contributed by atoms with van der Waals surface area (Å²) in [4.78, 5) is 131. The number of amides is 8. The molecule has 616 valence electrons. The Balaban J connectivity index is 0.000000112. The maximum atomic E-state index is 14.1. The van der Waals surface area contributed by atoms with Crippen LogP contribution in [-0.4, -0.2) is 167 Å². The predicted molar refractivity (Wildman–Crippen MR) is 468 cm³/mol. The summed E-state index contributed by atoms with van der Waals surface area (Å²) in [5.74, 6) is 0.122. The Hall–Kier alpha value is -11.9. The third kappa shape index (κ3) is 13.0. The number of benzene rings is 9. The second-order valence-electron chi connectivity index (χ2n) is 29.3. The molecule has 22 nitrogen and oxygen atoms in total. The van der Waals surface area contributed by atoms with Crippen LogP contribution in [0, 0.1) is 0 Å². The Bertz CT molecular complexity index is 6440. The van der Waals surface area contributed by atoms with E-state index in [1.165, 1.54) is 17.7 Å². The fourth-order valence-electron chi connectivity index (χ4n) is 18.4. The third-order valence-electron chi connectivity index (χ3n) is 23.4. The van der Waals surface area contributed by atoms with Crippen molar-refractivity contribution in [3.05, 3.63) is 378 Å². The van der Waals surface area contributed by atoms with Gasteiger partial charge in [-0.1, -0.05) is 209 Å². The first kappa shape index (κ1) is 82.0. The molecule has 0 aliphatic carbocycles. The Kier molecular flexibility index (Phi) is 21.8. The summed E-state index contributed by atoms with van der Waals surface area (Å²) in [6, 6.07) is 72.8. The van der Waals surface area contributed by atoms with Gasteiger partial charge in [-0.15, -0.1) is 11.3 Å². The van der Waals surface area contributed by atoms with Crippen LogP contribution in [0.3, 0.4) is 0 Å². The molecule has 4 unspecified atom stereocenters. The van der Waals surface area contributed by atoms with E-state index in [-0.39, 0.29) is 78.9 Å². The molecule has 21 rings (SSSR count). The summed E-state index contributed by atoms with van der Waals surface area (Å²) in [5, 5.41) is 4.56. The summed E-state index contributed by atoms with van der Waals surface area (Å²) in [6.07, 6.45) is 1.27. The van der Waals surface area contributed by atoms with Gasteiger partial charge >= 0.3 is 0 Å². The van der Waals surface area contributed by atoms with E-state index in [2.05, 4.69) is 14.3 Å². The maximum Gasteiger partial charge on any atom is 0.278 e. The van der Waals surface area contributed by atoms with E-state index in [9.17, 15) is 38.4 Å². The van der Waals surface area contributed by atoms with Gasteiger partial charge in [0.05, 0.1) is 13.7 Å². The molecular weight excluding hydrogens is 1750 g/mol. The van der Waals surface area contributed by atoms with Crippen LogP contribution in [0.2, 0.25) is 34.6 Å². The molecule has 4 aromatic heterocycles. The number of carbonyl (C=O) groups excluding carboxylic acids is 8. The second-order valence-corrected chi connectivity index (χ2v) is 34.1. The SMILES string of the molecule is CCOc1ccsc1C(=O)N1CCN2C(=O)c3ccccc3C21c1ccc(Cl)cc1.COc1ccc(-c2ocnc2C(=O)N2CCN3C(=O)c4ccccc4C32c2ccc(Cl)cc2)cc1.O=C(c1cccc(Cl)n1)N1CCN2C(=O)c3ccccc3C12c1ccc(Cl)cc1.O=C1c2ccccc2C2(c3ccc(Cl)cc3)N1CCN2C(=O)c1nsc(Cl)c1Cl. The lowest BCUT2D eigenvalue weighted by atomic mass is 9.89. The van der Waals surface area contributed by atoms with Crippen LogP contribution < -0.4 is 9.47 Å². The van der Waals surface area contributed by atoms with Crippen molar-refractivity contribution < 1.29 is 52.2 Å². The van der Waals surface area contributed by atoms with Crippen LogP contribution >= 0.6 is 104 Å². The Morgan fingerprint density at radius 3 is 1.16 bits per heavy atom. The Labute approximate surface area is 747 Å². The number of pyridine rings is 1. The lowest BCUT2D eigenvalue weighted by Crippen LogP contribution is -2.51. The second kappa shape index (κ2) is 32.7. The van der Waals surface area contributed by atoms with Gasteiger partial charge in [-0.25, -0.2) is 9.97 Å². The van der Waals surface area contributed by atoms with Gasteiger partial charge in [0.25, 0.3) is 47.3 Å². The van der Waals surface area contributed by atoms with Crippen molar-refractivity contribution in [1.29, 1.82) is 0 Å². The highest BCUT2D eigenvalue weighted by Gasteiger charge is 2.64. The molecule has 8 aliphatic heterocycles. The van der Waals surface area contributed by atoms with Gasteiger partial charge in [-0.05, 0) is 139 Å². The van der Waals surface area contributed by atoms with Crippen molar-refractivity contribution in [2.24, 2.45) is 0 Å². The molecule has 4 saturated heterocycles. The molecule has 123 heavy (non-hydrogen) atoms. The number of fused-ring (bicyclic) bond motifs is 12. The van der Waals surface area contributed by atoms with Crippen molar-refractivity contribution in [3.63, 3.8) is 0 Å². The molecule has 8 amide bonds. The molecular formula is C92H66Cl7N11O11S2. The Morgan fingerprint density at radius 2 is 0.797 bits per heavy atom. The summed E-state index contributed by atoms with van der Waals surface area (Å²) in [5.41, 5.74) is 5.64. The normalized spacial score (nSPS) is 19.6. The molecule has 12 heterocycles. The number of oxazole rings is 1. The van der Waals surface area contributed by atoms with Crippen LogP contribution in [0.15, 0.2) is 259 Å².